The van der Waals surface area contributed by atoms with Crippen molar-refractivity contribution in [2.75, 3.05) is 25.5 Å². The zero-order valence-electron chi connectivity index (χ0n) is 10.3. The molecule has 1 aromatic carbocycles. The maximum atomic E-state index is 13.0. The summed E-state index contributed by atoms with van der Waals surface area (Å²) < 4.78 is 18.1. The lowest BCUT2D eigenvalue weighted by molar-refractivity contribution is -0.120. The van der Waals surface area contributed by atoms with Crippen LogP contribution < -0.4 is 15.4 Å². The van der Waals surface area contributed by atoms with Crippen molar-refractivity contribution in [3.8, 4) is 5.75 Å². The number of carbonyl (C=O) groups is 1. The lowest BCUT2D eigenvalue weighted by atomic mass is 9.99. The number of rotatable bonds is 3. The fourth-order valence-electron chi connectivity index (χ4n) is 2.08. The average Bonchev–Trinajstić information content (AvgIpc) is 2.41. The van der Waals surface area contributed by atoms with Crippen molar-refractivity contribution >= 4 is 11.6 Å². The van der Waals surface area contributed by atoms with Crippen LogP contribution >= 0.6 is 0 Å². The average molecular weight is 252 g/mol. The van der Waals surface area contributed by atoms with Crippen molar-refractivity contribution in [1.29, 1.82) is 0 Å². The van der Waals surface area contributed by atoms with Crippen LogP contribution in [0.4, 0.5) is 10.1 Å². The van der Waals surface area contributed by atoms with Gasteiger partial charge in [0.1, 0.15) is 11.6 Å². The Labute approximate surface area is 106 Å². The molecule has 2 rings (SSSR count). The number of nitrogens with one attached hydrogen (secondary N) is 2. The van der Waals surface area contributed by atoms with Gasteiger partial charge >= 0.3 is 0 Å². The topological polar surface area (TPSA) is 50.4 Å². The molecule has 0 unspecified atom stereocenters. The number of ether oxygens (including phenoxy) is 1. The van der Waals surface area contributed by atoms with Crippen LogP contribution in [0.2, 0.25) is 0 Å². The number of hydrogen-bond donors (Lipinski definition) is 2. The van der Waals surface area contributed by atoms with Crippen molar-refractivity contribution in [2.24, 2.45) is 5.92 Å². The summed E-state index contributed by atoms with van der Waals surface area (Å²) in [6.45, 7) is 1.65. The summed E-state index contributed by atoms with van der Waals surface area (Å²) in [5.74, 6) is -0.128. The van der Waals surface area contributed by atoms with E-state index in [0.29, 0.717) is 18.0 Å². The second-order valence-electron chi connectivity index (χ2n) is 4.38. The molecule has 0 aliphatic carbocycles. The minimum atomic E-state index is -0.385. The van der Waals surface area contributed by atoms with E-state index in [1.54, 1.807) is 0 Å². The number of piperidine rings is 1. The summed E-state index contributed by atoms with van der Waals surface area (Å²) in [5.41, 5.74) is 0.509. The van der Waals surface area contributed by atoms with E-state index in [0.717, 1.165) is 19.4 Å². The standard InChI is InChI=1S/C13H17FN2O2/c1-18-12-7-10(14)4-5-11(12)16-13(17)9-3-2-6-15-8-9/h4-5,7,9,15H,2-3,6,8H2,1H3,(H,16,17)/t9-/m0/s1. The first-order chi connectivity index (χ1) is 8.70. The molecule has 4 nitrogen and oxygen atoms in total. The largest absolute Gasteiger partial charge is 0.494 e. The van der Waals surface area contributed by atoms with Crippen molar-refractivity contribution in [2.45, 2.75) is 12.8 Å². The summed E-state index contributed by atoms with van der Waals surface area (Å²) >= 11 is 0. The smallest absolute Gasteiger partial charge is 0.228 e. The molecule has 1 atom stereocenters. The van der Waals surface area contributed by atoms with E-state index < -0.39 is 0 Å². The highest BCUT2D eigenvalue weighted by Gasteiger charge is 2.21. The molecular weight excluding hydrogens is 235 g/mol. The normalized spacial score (nSPS) is 19.3. The highest BCUT2D eigenvalue weighted by molar-refractivity contribution is 5.94. The molecule has 98 valence electrons. The molecule has 2 N–H and O–H groups in total. The van der Waals surface area contributed by atoms with Gasteiger partial charge < -0.3 is 15.4 Å². The maximum absolute atomic E-state index is 13.0. The number of carbonyl (C=O) groups excluding carboxylic acids is 1. The predicted molar refractivity (Wildman–Crippen MR) is 67.2 cm³/mol. The molecule has 1 heterocycles. The molecular formula is C13H17FN2O2. The molecule has 1 saturated heterocycles. The zero-order chi connectivity index (χ0) is 13.0. The van der Waals surface area contributed by atoms with Crippen LogP contribution in [0, 0.1) is 11.7 Å². The molecule has 18 heavy (non-hydrogen) atoms. The third kappa shape index (κ3) is 2.98. The highest BCUT2D eigenvalue weighted by Crippen LogP contribution is 2.26. The van der Waals surface area contributed by atoms with E-state index in [4.69, 9.17) is 4.74 Å². The molecule has 1 aliphatic rings. The van der Waals surface area contributed by atoms with Crippen molar-refractivity contribution in [1.82, 2.24) is 5.32 Å². The van der Waals surface area contributed by atoms with Crippen molar-refractivity contribution in [3.63, 3.8) is 0 Å². The first-order valence-corrected chi connectivity index (χ1v) is 6.06. The van der Waals surface area contributed by atoms with E-state index in [2.05, 4.69) is 10.6 Å². The molecule has 5 heteroatoms. The molecule has 0 saturated carbocycles. The van der Waals surface area contributed by atoms with Crippen LogP contribution in [-0.2, 0) is 4.79 Å². The molecule has 0 radical (unpaired) electrons. The monoisotopic (exact) mass is 252 g/mol. The third-order valence-corrected chi connectivity index (χ3v) is 3.09. The van der Waals surface area contributed by atoms with Gasteiger partial charge in [-0.1, -0.05) is 0 Å². The quantitative estimate of drug-likeness (QED) is 0.862. The van der Waals surface area contributed by atoms with Gasteiger partial charge in [0.2, 0.25) is 5.91 Å². The van der Waals surface area contributed by atoms with Gasteiger partial charge in [-0.05, 0) is 31.5 Å². The van der Waals surface area contributed by atoms with Gasteiger partial charge in [0.15, 0.2) is 0 Å². The highest BCUT2D eigenvalue weighted by atomic mass is 19.1. The molecule has 0 bridgehead atoms. The first kappa shape index (κ1) is 12.8. The summed E-state index contributed by atoms with van der Waals surface area (Å²) in [4.78, 5) is 12.0. The minimum Gasteiger partial charge on any atom is -0.494 e. The van der Waals surface area contributed by atoms with Gasteiger partial charge in [-0.15, -0.1) is 0 Å². The second kappa shape index (κ2) is 5.82. The van der Waals surface area contributed by atoms with Crippen molar-refractivity contribution < 1.29 is 13.9 Å². The SMILES string of the molecule is COc1cc(F)ccc1NC(=O)[C@H]1CCCNC1. The van der Waals surface area contributed by atoms with Gasteiger partial charge in [-0.3, -0.25) is 4.79 Å². The van der Waals surface area contributed by atoms with E-state index in [1.807, 2.05) is 0 Å². The summed E-state index contributed by atoms with van der Waals surface area (Å²) in [5, 5.41) is 5.97. The Balaban J connectivity index is 2.06. The Kier molecular flexibility index (Phi) is 4.15. The van der Waals surface area contributed by atoms with Gasteiger partial charge in [0, 0.05) is 12.6 Å². The molecule has 1 aromatic rings. The summed E-state index contributed by atoms with van der Waals surface area (Å²) in [6, 6.07) is 4.08. The van der Waals surface area contributed by atoms with Crippen LogP contribution in [-0.4, -0.2) is 26.1 Å². The van der Waals surface area contributed by atoms with Crippen LogP contribution in [0.15, 0.2) is 18.2 Å². The second-order valence-corrected chi connectivity index (χ2v) is 4.38. The van der Waals surface area contributed by atoms with E-state index in [-0.39, 0.29) is 17.6 Å². The van der Waals surface area contributed by atoms with Crippen LogP contribution in [0.1, 0.15) is 12.8 Å². The van der Waals surface area contributed by atoms with E-state index in [1.165, 1.54) is 25.3 Å². The van der Waals surface area contributed by atoms with Gasteiger partial charge in [-0.2, -0.15) is 0 Å². The lowest BCUT2D eigenvalue weighted by Gasteiger charge is -2.22. The fraction of sp³-hybridized carbons (Fsp3) is 0.462. The van der Waals surface area contributed by atoms with Gasteiger partial charge in [0.05, 0.1) is 18.7 Å². The molecule has 0 spiro atoms. The number of hydrogen-bond acceptors (Lipinski definition) is 3. The van der Waals surface area contributed by atoms with Crippen LogP contribution in [0.5, 0.6) is 5.75 Å². The Morgan fingerprint density at radius 3 is 3.06 bits per heavy atom. The van der Waals surface area contributed by atoms with E-state index >= 15 is 0 Å². The summed E-state index contributed by atoms with van der Waals surface area (Å²) in [7, 11) is 1.45. The lowest BCUT2D eigenvalue weighted by Crippen LogP contribution is -2.37. The van der Waals surface area contributed by atoms with Crippen LogP contribution in [0.3, 0.4) is 0 Å². The zero-order valence-corrected chi connectivity index (χ0v) is 10.3. The number of methoxy groups -OCH3 is 1. The van der Waals surface area contributed by atoms with E-state index in [9.17, 15) is 9.18 Å². The Morgan fingerprint density at radius 2 is 2.39 bits per heavy atom. The Morgan fingerprint density at radius 1 is 1.56 bits per heavy atom. The summed E-state index contributed by atoms with van der Waals surface area (Å²) in [6.07, 6.45) is 1.88. The van der Waals surface area contributed by atoms with Gasteiger partial charge in [0.25, 0.3) is 0 Å². The Bertz CT molecular complexity index is 431. The maximum Gasteiger partial charge on any atom is 0.228 e. The Hall–Kier alpha value is -1.62. The first-order valence-electron chi connectivity index (χ1n) is 6.06. The number of amides is 1. The van der Waals surface area contributed by atoms with Crippen molar-refractivity contribution in [3.05, 3.63) is 24.0 Å². The predicted octanol–water partition coefficient (Wildman–Crippen LogP) is 1.77. The van der Waals surface area contributed by atoms with Crippen LogP contribution in [0.25, 0.3) is 0 Å². The third-order valence-electron chi connectivity index (χ3n) is 3.09. The molecule has 0 aromatic heterocycles. The molecule has 1 aliphatic heterocycles. The molecule has 1 fully saturated rings. The minimum absolute atomic E-state index is 0.0338. The number of benzene rings is 1. The number of anilines is 1. The van der Waals surface area contributed by atoms with Gasteiger partial charge in [-0.25, -0.2) is 4.39 Å². The number of halogens is 1. The molecule has 1 amide bonds. The fourth-order valence-corrected chi connectivity index (χ4v) is 2.08.